The molecule has 0 spiro atoms. The lowest BCUT2D eigenvalue weighted by molar-refractivity contribution is 0.967. The lowest BCUT2D eigenvalue weighted by atomic mass is 10.1. The normalized spacial score (nSPS) is 15.9. The van der Waals surface area contributed by atoms with E-state index >= 15 is 0 Å². The van der Waals surface area contributed by atoms with Crippen molar-refractivity contribution in [3.8, 4) is 0 Å². The summed E-state index contributed by atoms with van der Waals surface area (Å²) in [7, 11) is 0. The molecule has 1 aromatic heterocycles. The Hall–Kier alpha value is -1.70. The summed E-state index contributed by atoms with van der Waals surface area (Å²) < 4.78 is 0. The Bertz CT molecular complexity index is 375. The van der Waals surface area contributed by atoms with Gasteiger partial charge in [-0.2, -0.15) is 0 Å². The molecule has 0 aliphatic carbocycles. The first kappa shape index (κ1) is 8.88. The molecule has 0 bridgehead atoms. The molecule has 0 radical (unpaired) electrons. The summed E-state index contributed by atoms with van der Waals surface area (Å²) in [4.78, 5) is 8.11. The van der Waals surface area contributed by atoms with E-state index in [1.54, 1.807) is 12.4 Å². The fraction of sp³-hybridized carbons (Fsp3) is 0.167. The molecular formula is C12H12N2. The van der Waals surface area contributed by atoms with Crippen molar-refractivity contribution in [1.29, 1.82) is 0 Å². The van der Waals surface area contributed by atoms with E-state index in [0.29, 0.717) is 0 Å². The summed E-state index contributed by atoms with van der Waals surface area (Å²) in [6, 6.07) is 3.99. The van der Waals surface area contributed by atoms with Gasteiger partial charge in [-0.25, -0.2) is 0 Å². The van der Waals surface area contributed by atoms with Crippen molar-refractivity contribution in [3.05, 3.63) is 47.8 Å². The van der Waals surface area contributed by atoms with Gasteiger partial charge in [0.15, 0.2) is 0 Å². The molecule has 0 unspecified atom stereocenters. The maximum absolute atomic E-state index is 4.14. The summed E-state index contributed by atoms with van der Waals surface area (Å²) in [6.45, 7) is 0.909. The Balaban J connectivity index is 2.07. The highest BCUT2D eigenvalue weighted by molar-refractivity contribution is 5.74. The van der Waals surface area contributed by atoms with Crippen LogP contribution in [0.2, 0.25) is 0 Å². The fourth-order valence-corrected chi connectivity index (χ4v) is 1.32. The first-order valence-electron chi connectivity index (χ1n) is 4.72. The Morgan fingerprint density at radius 3 is 2.71 bits per heavy atom. The van der Waals surface area contributed by atoms with Crippen LogP contribution >= 0.6 is 0 Å². The molecule has 1 aliphatic heterocycles. The van der Waals surface area contributed by atoms with Gasteiger partial charge in [-0.05, 0) is 35.8 Å². The first-order valence-corrected chi connectivity index (χ1v) is 4.72. The highest BCUT2D eigenvalue weighted by atomic mass is 14.7. The molecule has 0 saturated carbocycles. The Kier molecular flexibility index (Phi) is 2.86. The van der Waals surface area contributed by atoms with Crippen molar-refractivity contribution in [2.24, 2.45) is 4.99 Å². The highest BCUT2D eigenvalue weighted by Crippen LogP contribution is 2.09. The van der Waals surface area contributed by atoms with Crippen LogP contribution < -0.4 is 0 Å². The SMILES string of the molecule is C1=NCCC(/C=C/c2ccncc2)=C1. The molecule has 0 amide bonds. The van der Waals surface area contributed by atoms with Crippen LogP contribution in [-0.2, 0) is 0 Å². The van der Waals surface area contributed by atoms with Crippen molar-refractivity contribution < 1.29 is 0 Å². The molecule has 0 N–H and O–H groups in total. The van der Waals surface area contributed by atoms with Crippen LogP contribution in [0.4, 0.5) is 0 Å². The minimum absolute atomic E-state index is 0.909. The van der Waals surface area contributed by atoms with E-state index in [9.17, 15) is 0 Å². The minimum atomic E-state index is 0.909. The largest absolute Gasteiger partial charge is 0.293 e. The van der Waals surface area contributed by atoms with Crippen molar-refractivity contribution in [2.45, 2.75) is 6.42 Å². The summed E-state index contributed by atoms with van der Waals surface area (Å²) in [6.07, 6.45) is 12.8. The van der Waals surface area contributed by atoms with E-state index in [-0.39, 0.29) is 0 Å². The number of allylic oxidation sites excluding steroid dienone is 2. The van der Waals surface area contributed by atoms with Crippen molar-refractivity contribution in [2.75, 3.05) is 6.54 Å². The highest BCUT2D eigenvalue weighted by Gasteiger charge is 1.94. The quantitative estimate of drug-likeness (QED) is 0.693. The fourth-order valence-electron chi connectivity index (χ4n) is 1.32. The zero-order chi connectivity index (χ0) is 9.64. The van der Waals surface area contributed by atoms with Gasteiger partial charge in [0.25, 0.3) is 0 Å². The van der Waals surface area contributed by atoms with Crippen molar-refractivity contribution >= 4 is 12.3 Å². The Morgan fingerprint density at radius 1 is 1.14 bits per heavy atom. The number of rotatable bonds is 2. The Labute approximate surface area is 83.7 Å². The first-order chi connectivity index (χ1) is 6.95. The zero-order valence-corrected chi connectivity index (χ0v) is 7.93. The van der Waals surface area contributed by atoms with Gasteiger partial charge in [0, 0.05) is 25.2 Å². The Morgan fingerprint density at radius 2 is 2.00 bits per heavy atom. The van der Waals surface area contributed by atoms with Gasteiger partial charge in [-0.15, -0.1) is 0 Å². The number of dihydropyridines is 1. The zero-order valence-electron chi connectivity index (χ0n) is 7.93. The lowest BCUT2D eigenvalue weighted by Crippen LogP contribution is -1.91. The van der Waals surface area contributed by atoms with E-state index in [1.807, 2.05) is 18.3 Å². The summed E-state index contributed by atoms with van der Waals surface area (Å²) in [5.74, 6) is 0. The molecule has 2 nitrogen and oxygen atoms in total. The molecular weight excluding hydrogens is 172 g/mol. The maximum atomic E-state index is 4.14. The predicted molar refractivity (Wildman–Crippen MR) is 59.3 cm³/mol. The van der Waals surface area contributed by atoms with Gasteiger partial charge in [0.2, 0.25) is 0 Å². The van der Waals surface area contributed by atoms with Gasteiger partial charge in [0.1, 0.15) is 0 Å². The number of nitrogens with zero attached hydrogens (tertiary/aromatic N) is 2. The number of pyridine rings is 1. The third kappa shape index (κ3) is 2.39. The van der Waals surface area contributed by atoms with Gasteiger partial charge in [-0.3, -0.25) is 9.98 Å². The van der Waals surface area contributed by atoms with Gasteiger partial charge in [-0.1, -0.05) is 12.2 Å². The average molecular weight is 184 g/mol. The van der Waals surface area contributed by atoms with Gasteiger partial charge < -0.3 is 0 Å². The van der Waals surface area contributed by atoms with Crippen LogP contribution in [0.5, 0.6) is 0 Å². The minimum Gasteiger partial charge on any atom is -0.293 e. The molecule has 0 aromatic carbocycles. The van der Waals surface area contributed by atoms with E-state index < -0.39 is 0 Å². The molecule has 1 aliphatic rings. The van der Waals surface area contributed by atoms with Crippen LogP contribution in [0.3, 0.4) is 0 Å². The molecule has 0 saturated heterocycles. The second-order valence-electron chi connectivity index (χ2n) is 3.16. The molecule has 70 valence electrons. The average Bonchev–Trinajstić information content (AvgIpc) is 2.29. The van der Waals surface area contributed by atoms with Crippen LogP contribution in [0.1, 0.15) is 12.0 Å². The molecule has 2 heterocycles. The third-order valence-electron chi connectivity index (χ3n) is 2.12. The summed E-state index contributed by atoms with van der Waals surface area (Å²) in [5, 5.41) is 0. The van der Waals surface area contributed by atoms with Crippen LogP contribution in [0.25, 0.3) is 6.08 Å². The second kappa shape index (κ2) is 4.51. The van der Waals surface area contributed by atoms with Crippen LogP contribution in [-0.4, -0.2) is 17.7 Å². The predicted octanol–water partition coefficient (Wildman–Crippen LogP) is 2.50. The topological polar surface area (TPSA) is 25.2 Å². The van der Waals surface area contributed by atoms with Crippen molar-refractivity contribution in [1.82, 2.24) is 4.98 Å². The number of aliphatic imine (C=N–C) groups is 1. The standard InChI is InChI=1S/C12H12N2/c1(11-3-7-13-8-4-11)2-12-5-9-14-10-6-12/h1-5,7-9H,6,10H2/b2-1+. The van der Waals surface area contributed by atoms with E-state index in [1.165, 1.54) is 11.1 Å². The molecule has 2 heteroatoms. The summed E-state index contributed by atoms with van der Waals surface area (Å²) in [5.41, 5.74) is 2.51. The van der Waals surface area contributed by atoms with E-state index in [2.05, 4.69) is 28.2 Å². The molecule has 2 rings (SSSR count). The van der Waals surface area contributed by atoms with Crippen LogP contribution in [0, 0.1) is 0 Å². The molecule has 0 fully saturated rings. The molecule has 1 aromatic rings. The smallest absolute Gasteiger partial charge is 0.0429 e. The van der Waals surface area contributed by atoms with Gasteiger partial charge >= 0.3 is 0 Å². The van der Waals surface area contributed by atoms with E-state index in [0.717, 1.165) is 13.0 Å². The monoisotopic (exact) mass is 184 g/mol. The second-order valence-corrected chi connectivity index (χ2v) is 3.16. The molecule has 0 atom stereocenters. The van der Waals surface area contributed by atoms with Crippen molar-refractivity contribution in [3.63, 3.8) is 0 Å². The number of aromatic nitrogens is 1. The third-order valence-corrected chi connectivity index (χ3v) is 2.12. The maximum Gasteiger partial charge on any atom is 0.0429 e. The van der Waals surface area contributed by atoms with Crippen LogP contribution in [0.15, 0.2) is 47.2 Å². The molecule has 14 heavy (non-hydrogen) atoms. The lowest BCUT2D eigenvalue weighted by Gasteiger charge is -2.02. The number of hydrogen-bond donors (Lipinski definition) is 0. The van der Waals surface area contributed by atoms with E-state index in [4.69, 9.17) is 0 Å². The number of hydrogen-bond acceptors (Lipinski definition) is 2. The summed E-state index contributed by atoms with van der Waals surface area (Å²) >= 11 is 0. The van der Waals surface area contributed by atoms with Gasteiger partial charge in [0.05, 0.1) is 0 Å².